The molecule has 0 aliphatic heterocycles. The zero-order valence-electron chi connectivity index (χ0n) is 19.4. The van der Waals surface area contributed by atoms with Gasteiger partial charge in [-0.2, -0.15) is 4.39 Å². The van der Waals surface area contributed by atoms with E-state index in [1.807, 2.05) is 63.2 Å². The van der Waals surface area contributed by atoms with Crippen molar-refractivity contribution in [3.8, 4) is 22.9 Å². The number of carbonyl (C=O) groups excluding carboxylic acids is 1. The first-order chi connectivity index (χ1) is 16.6. The summed E-state index contributed by atoms with van der Waals surface area (Å²) in [7, 11) is -4.19. The Kier molecular flexibility index (Phi) is 6.75. The minimum absolute atomic E-state index is 0.00374. The number of carbonyl (C=O) groups is 1. The topological polar surface area (TPSA) is 86.2 Å². The zero-order chi connectivity index (χ0) is 25.2. The lowest BCUT2D eigenvalue weighted by molar-refractivity contribution is 0.101. The van der Waals surface area contributed by atoms with E-state index >= 15 is 0 Å². The van der Waals surface area contributed by atoms with Gasteiger partial charge in [-0.05, 0) is 56.2 Å². The molecular formula is C27H23FN2O4S. The highest BCUT2D eigenvalue weighted by Gasteiger charge is 2.26. The van der Waals surface area contributed by atoms with Crippen molar-refractivity contribution in [3.63, 3.8) is 0 Å². The third-order valence-electron chi connectivity index (χ3n) is 5.36. The molecule has 0 bridgehead atoms. The van der Waals surface area contributed by atoms with E-state index in [0.29, 0.717) is 11.4 Å². The lowest BCUT2D eigenvalue weighted by Crippen LogP contribution is -2.19. The van der Waals surface area contributed by atoms with Crippen molar-refractivity contribution in [1.82, 2.24) is 9.97 Å². The lowest BCUT2D eigenvalue weighted by atomic mass is 10.1. The number of aryl methyl sites for hydroxylation is 3. The van der Waals surface area contributed by atoms with Gasteiger partial charge in [-0.25, -0.2) is 18.4 Å². The number of aromatic nitrogens is 2. The van der Waals surface area contributed by atoms with E-state index in [4.69, 9.17) is 4.74 Å². The Bertz CT molecular complexity index is 1500. The van der Waals surface area contributed by atoms with E-state index in [0.717, 1.165) is 34.4 Å². The van der Waals surface area contributed by atoms with Crippen molar-refractivity contribution in [1.29, 1.82) is 0 Å². The monoisotopic (exact) mass is 490 g/mol. The number of sulfone groups is 1. The molecule has 2 aromatic heterocycles. The first-order valence-electron chi connectivity index (χ1n) is 10.8. The second-order valence-electron chi connectivity index (χ2n) is 8.23. The predicted octanol–water partition coefficient (Wildman–Crippen LogP) is 5.66. The molecule has 4 rings (SSSR count). The molecule has 178 valence electrons. The van der Waals surface area contributed by atoms with Crippen molar-refractivity contribution in [3.05, 3.63) is 101 Å². The van der Waals surface area contributed by atoms with Gasteiger partial charge in [-0.15, -0.1) is 0 Å². The average Bonchev–Trinajstić information content (AvgIpc) is 2.81. The summed E-state index contributed by atoms with van der Waals surface area (Å²) < 4.78 is 45.2. The Hall–Kier alpha value is -3.91. The largest absolute Gasteiger partial charge is 0.438 e. The lowest BCUT2D eigenvalue weighted by Gasteiger charge is -2.15. The standard InChI is InChI=1S/C27H23FN2O4S/c1-17-14-18(2)26(19(3)15-17)34-27-21(12-13-22(29-27)20-8-5-4-6-9-20)23(31)16-35(32,33)25-11-7-10-24(28)30-25/h4-15H,16H2,1-3H3. The van der Waals surface area contributed by atoms with Crippen LogP contribution in [0.1, 0.15) is 27.0 Å². The summed E-state index contributed by atoms with van der Waals surface area (Å²) in [4.78, 5) is 21.2. The summed E-state index contributed by atoms with van der Waals surface area (Å²) in [5.41, 5.74) is 4.14. The molecule has 2 aromatic carbocycles. The fraction of sp³-hybridized carbons (Fsp3) is 0.148. The average molecular weight is 491 g/mol. The molecule has 0 spiro atoms. The molecule has 0 fully saturated rings. The van der Waals surface area contributed by atoms with Crippen LogP contribution in [0.4, 0.5) is 4.39 Å². The SMILES string of the molecule is Cc1cc(C)c(Oc2nc(-c3ccccc3)ccc2C(=O)CS(=O)(=O)c2cccc(F)n2)c(C)c1. The molecule has 0 saturated heterocycles. The quantitative estimate of drug-likeness (QED) is 0.246. The maximum absolute atomic E-state index is 13.5. The molecule has 4 aromatic rings. The Morgan fingerprint density at radius 3 is 2.23 bits per heavy atom. The predicted molar refractivity (Wildman–Crippen MR) is 131 cm³/mol. The zero-order valence-corrected chi connectivity index (χ0v) is 20.3. The van der Waals surface area contributed by atoms with Crippen LogP contribution in [-0.2, 0) is 9.84 Å². The number of hydrogen-bond acceptors (Lipinski definition) is 6. The molecule has 0 amide bonds. The fourth-order valence-electron chi connectivity index (χ4n) is 3.81. The third-order valence-corrected chi connectivity index (χ3v) is 6.87. The second-order valence-corrected chi connectivity index (χ2v) is 10.2. The maximum Gasteiger partial charge on any atom is 0.230 e. The summed E-state index contributed by atoms with van der Waals surface area (Å²) in [6.07, 6.45) is 0. The van der Waals surface area contributed by atoms with Crippen molar-refractivity contribution in [2.24, 2.45) is 0 Å². The Labute approximate surface area is 203 Å². The molecule has 0 radical (unpaired) electrons. The molecule has 8 heteroatoms. The normalized spacial score (nSPS) is 11.3. The van der Waals surface area contributed by atoms with Gasteiger partial charge in [0.1, 0.15) is 11.5 Å². The number of nitrogens with zero attached hydrogens (tertiary/aromatic N) is 2. The number of ether oxygens (including phenoxy) is 1. The number of pyridine rings is 2. The minimum atomic E-state index is -4.19. The van der Waals surface area contributed by atoms with Crippen LogP contribution in [0.3, 0.4) is 0 Å². The fourth-order valence-corrected chi connectivity index (χ4v) is 4.97. The molecule has 0 unspecified atom stereocenters. The maximum atomic E-state index is 13.5. The van der Waals surface area contributed by atoms with Crippen LogP contribution in [0.5, 0.6) is 11.6 Å². The highest BCUT2D eigenvalue weighted by molar-refractivity contribution is 7.92. The number of halogens is 1. The van der Waals surface area contributed by atoms with Gasteiger partial charge in [0.2, 0.25) is 21.7 Å². The van der Waals surface area contributed by atoms with Crippen LogP contribution in [0.25, 0.3) is 11.3 Å². The molecular weight excluding hydrogens is 467 g/mol. The number of Topliss-reactive ketones (excluding diaryl/α,β-unsaturated/α-hetero) is 1. The van der Waals surface area contributed by atoms with Crippen molar-refractivity contribution >= 4 is 15.6 Å². The Morgan fingerprint density at radius 2 is 1.57 bits per heavy atom. The van der Waals surface area contributed by atoms with E-state index in [1.54, 1.807) is 6.07 Å². The van der Waals surface area contributed by atoms with E-state index in [9.17, 15) is 17.6 Å². The molecule has 35 heavy (non-hydrogen) atoms. The summed E-state index contributed by atoms with van der Waals surface area (Å²) in [6.45, 7) is 5.74. The van der Waals surface area contributed by atoms with Gasteiger partial charge in [-0.1, -0.05) is 54.1 Å². The summed E-state index contributed by atoms with van der Waals surface area (Å²) in [5.74, 6) is -2.05. The van der Waals surface area contributed by atoms with Gasteiger partial charge < -0.3 is 4.74 Å². The molecule has 0 aliphatic carbocycles. The van der Waals surface area contributed by atoms with Crippen LogP contribution in [0, 0.1) is 26.7 Å². The number of ketones is 1. The Balaban J connectivity index is 1.76. The van der Waals surface area contributed by atoms with E-state index < -0.39 is 32.3 Å². The summed E-state index contributed by atoms with van der Waals surface area (Å²) in [5, 5.41) is -0.507. The van der Waals surface area contributed by atoms with E-state index in [2.05, 4.69) is 9.97 Å². The minimum Gasteiger partial charge on any atom is -0.438 e. The van der Waals surface area contributed by atoms with Gasteiger partial charge in [0.05, 0.1) is 11.3 Å². The van der Waals surface area contributed by atoms with Crippen molar-refractivity contribution in [2.45, 2.75) is 25.8 Å². The number of rotatable bonds is 7. The van der Waals surface area contributed by atoms with Gasteiger partial charge in [0.25, 0.3) is 0 Å². The van der Waals surface area contributed by atoms with Crippen molar-refractivity contribution in [2.75, 3.05) is 5.75 Å². The highest BCUT2D eigenvalue weighted by Crippen LogP contribution is 2.33. The van der Waals surface area contributed by atoms with Crippen LogP contribution >= 0.6 is 0 Å². The molecule has 2 heterocycles. The van der Waals surface area contributed by atoms with E-state index in [1.165, 1.54) is 12.1 Å². The van der Waals surface area contributed by atoms with Crippen LogP contribution in [-0.4, -0.2) is 29.9 Å². The smallest absolute Gasteiger partial charge is 0.230 e. The number of benzene rings is 2. The van der Waals surface area contributed by atoms with Crippen molar-refractivity contribution < 1.29 is 22.3 Å². The summed E-state index contributed by atoms with van der Waals surface area (Å²) >= 11 is 0. The van der Waals surface area contributed by atoms with Gasteiger partial charge in [0.15, 0.2) is 10.8 Å². The van der Waals surface area contributed by atoms with Gasteiger partial charge in [0, 0.05) is 5.56 Å². The van der Waals surface area contributed by atoms with E-state index in [-0.39, 0.29) is 11.4 Å². The van der Waals surface area contributed by atoms with Gasteiger partial charge >= 0.3 is 0 Å². The molecule has 0 saturated carbocycles. The first-order valence-corrected chi connectivity index (χ1v) is 12.5. The molecule has 6 nitrogen and oxygen atoms in total. The highest BCUT2D eigenvalue weighted by atomic mass is 32.2. The van der Waals surface area contributed by atoms with Crippen LogP contribution in [0.15, 0.2) is 77.8 Å². The first kappa shape index (κ1) is 24.2. The van der Waals surface area contributed by atoms with Crippen LogP contribution in [0.2, 0.25) is 0 Å². The molecule has 0 aliphatic rings. The third kappa shape index (κ3) is 5.44. The number of hydrogen-bond donors (Lipinski definition) is 0. The van der Waals surface area contributed by atoms with Gasteiger partial charge in [-0.3, -0.25) is 4.79 Å². The Morgan fingerprint density at radius 1 is 0.886 bits per heavy atom. The molecule has 0 atom stereocenters. The van der Waals surface area contributed by atoms with Crippen LogP contribution < -0.4 is 4.74 Å². The summed E-state index contributed by atoms with van der Waals surface area (Å²) in [6, 6.07) is 19.8. The second kappa shape index (κ2) is 9.76. The molecule has 0 N–H and O–H groups in total.